The highest BCUT2D eigenvalue weighted by molar-refractivity contribution is 5.87. The van der Waals surface area contributed by atoms with E-state index in [9.17, 15) is 4.79 Å². The zero-order valence-electron chi connectivity index (χ0n) is 11.6. The molecule has 2 rings (SSSR count). The van der Waals surface area contributed by atoms with Gasteiger partial charge in [-0.2, -0.15) is 5.10 Å². The first-order valence-corrected chi connectivity index (χ1v) is 6.29. The van der Waals surface area contributed by atoms with Crippen LogP contribution in [0.4, 0.5) is 0 Å². The fourth-order valence-electron chi connectivity index (χ4n) is 2.27. The number of aryl methyl sites for hydroxylation is 3. The fraction of sp³-hybridized carbons (Fsp3) is 0.333. The molecule has 0 aliphatic heterocycles. The van der Waals surface area contributed by atoms with E-state index in [0.717, 1.165) is 22.3 Å². The van der Waals surface area contributed by atoms with Crippen LogP contribution in [0, 0.1) is 13.8 Å². The molecule has 2 N–H and O–H groups in total. The number of aromatic nitrogens is 2. The van der Waals surface area contributed by atoms with E-state index in [-0.39, 0.29) is 5.78 Å². The third kappa shape index (κ3) is 3.29. The normalized spacial score (nSPS) is 12.4. The number of nitrogens with zero attached hydrogens (tertiary/aromatic N) is 2. The van der Waals surface area contributed by atoms with Gasteiger partial charge in [0.25, 0.3) is 0 Å². The van der Waals surface area contributed by atoms with Crippen LogP contribution in [-0.4, -0.2) is 15.6 Å². The summed E-state index contributed by atoms with van der Waals surface area (Å²) in [6, 6.07) is 5.55. The smallest absolute Gasteiger partial charge is 0.158 e. The highest BCUT2D eigenvalue weighted by Crippen LogP contribution is 2.15. The number of benzene rings is 1. The van der Waals surface area contributed by atoms with Gasteiger partial charge in [0.1, 0.15) is 0 Å². The molecule has 1 atom stereocenters. The molecule has 0 aliphatic carbocycles. The van der Waals surface area contributed by atoms with Crippen molar-refractivity contribution in [3.8, 4) is 0 Å². The van der Waals surface area contributed by atoms with Gasteiger partial charge in [0, 0.05) is 25.2 Å². The Morgan fingerprint density at radius 2 is 1.95 bits per heavy atom. The monoisotopic (exact) mass is 257 g/mol. The maximum absolute atomic E-state index is 12.2. The molecule has 4 heteroatoms. The molecule has 2 aromatic rings. The summed E-state index contributed by atoms with van der Waals surface area (Å²) < 4.78 is 1.65. The molecule has 1 aromatic heterocycles. The highest BCUT2D eigenvalue weighted by Gasteiger charge is 2.17. The van der Waals surface area contributed by atoms with Gasteiger partial charge < -0.3 is 5.73 Å². The van der Waals surface area contributed by atoms with Crippen LogP contribution in [0.25, 0.3) is 0 Å². The lowest BCUT2D eigenvalue weighted by Crippen LogP contribution is -2.22. The van der Waals surface area contributed by atoms with E-state index < -0.39 is 6.04 Å². The second kappa shape index (κ2) is 5.36. The minimum absolute atomic E-state index is 0.0120. The Bertz CT molecular complexity index is 581. The standard InChI is InChI=1S/C15H19N3O/c1-10-4-11(2)6-12(5-10)7-14(19)15(16)13-8-17-18(3)9-13/h4-6,8-9,15H,7,16H2,1-3H3. The van der Waals surface area contributed by atoms with E-state index in [0.29, 0.717) is 6.42 Å². The zero-order valence-corrected chi connectivity index (χ0v) is 11.6. The molecule has 0 spiro atoms. The average Bonchev–Trinajstić information content (AvgIpc) is 2.73. The van der Waals surface area contributed by atoms with Crippen LogP contribution < -0.4 is 5.73 Å². The molecule has 0 fully saturated rings. The lowest BCUT2D eigenvalue weighted by molar-refractivity contribution is -0.119. The van der Waals surface area contributed by atoms with Gasteiger partial charge in [-0.25, -0.2) is 0 Å². The third-order valence-electron chi connectivity index (χ3n) is 3.09. The second-order valence-corrected chi connectivity index (χ2v) is 5.06. The maximum Gasteiger partial charge on any atom is 0.158 e. The molecular formula is C15H19N3O. The highest BCUT2D eigenvalue weighted by atomic mass is 16.1. The van der Waals surface area contributed by atoms with Gasteiger partial charge in [-0.1, -0.05) is 29.3 Å². The predicted octanol–water partition coefficient (Wildman–Crippen LogP) is 1.85. The Morgan fingerprint density at radius 1 is 1.32 bits per heavy atom. The molecule has 4 nitrogen and oxygen atoms in total. The molecule has 0 amide bonds. The summed E-state index contributed by atoms with van der Waals surface area (Å²) in [5.41, 5.74) is 10.1. The van der Waals surface area contributed by atoms with Gasteiger partial charge in [-0.05, 0) is 19.4 Å². The maximum atomic E-state index is 12.2. The number of rotatable bonds is 4. The number of ketones is 1. The molecular weight excluding hydrogens is 238 g/mol. The average molecular weight is 257 g/mol. The quantitative estimate of drug-likeness (QED) is 0.909. The van der Waals surface area contributed by atoms with Crippen LogP contribution in [0.3, 0.4) is 0 Å². The predicted molar refractivity (Wildman–Crippen MR) is 74.8 cm³/mol. The molecule has 19 heavy (non-hydrogen) atoms. The van der Waals surface area contributed by atoms with E-state index >= 15 is 0 Å². The lowest BCUT2D eigenvalue weighted by Gasteiger charge is -2.09. The number of Topliss-reactive ketones (excluding diaryl/α,β-unsaturated/α-hetero) is 1. The van der Waals surface area contributed by atoms with E-state index in [2.05, 4.69) is 11.2 Å². The van der Waals surface area contributed by atoms with Crippen molar-refractivity contribution < 1.29 is 4.79 Å². The summed E-state index contributed by atoms with van der Waals surface area (Å²) in [5, 5.41) is 4.04. The molecule has 100 valence electrons. The first kappa shape index (κ1) is 13.5. The van der Waals surface area contributed by atoms with Crippen LogP contribution in [0.2, 0.25) is 0 Å². The minimum atomic E-state index is -0.602. The van der Waals surface area contributed by atoms with Crippen LogP contribution in [0.15, 0.2) is 30.6 Å². The minimum Gasteiger partial charge on any atom is -0.318 e. The number of nitrogens with two attached hydrogens (primary N) is 1. The molecule has 1 heterocycles. The molecule has 0 saturated carbocycles. The SMILES string of the molecule is Cc1cc(C)cc(CC(=O)C(N)c2cnn(C)c2)c1. The molecule has 0 saturated heterocycles. The van der Waals surface area contributed by atoms with Crippen LogP contribution in [0.5, 0.6) is 0 Å². The van der Waals surface area contributed by atoms with Crippen molar-refractivity contribution >= 4 is 5.78 Å². The van der Waals surface area contributed by atoms with Gasteiger partial charge in [-0.15, -0.1) is 0 Å². The topological polar surface area (TPSA) is 60.9 Å². The molecule has 0 bridgehead atoms. The molecule has 0 aliphatic rings. The summed E-state index contributed by atoms with van der Waals surface area (Å²) in [5.74, 6) is 0.0120. The van der Waals surface area contributed by atoms with Crippen molar-refractivity contribution in [1.82, 2.24) is 9.78 Å². The summed E-state index contributed by atoms with van der Waals surface area (Å²) in [7, 11) is 1.81. The second-order valence-electron chi connectivity index (χ2n) is 5.06. The van der Waals surface area contributed by atoms with Gasteiger partial charge >= 0.3 is 0 Å². The van der Waals surface area contributed by atoms with Crippen LogP contribution in [-0.2, 0) is 18.3 Å². The number of hydrogen-bond acceptors (Lipinski definition) is 3. The zero-order chi connectivity index (χ0) is 14.0. The summed E-state index contributed by atoms with van der Waals surface area (Å²) in [6.07, 6.45) is 3.78. The van der Waals surface area contributed by atoms with E-state index in [1.165, 1.54) is 0 Å². The Labute approximate surface area is 113 Å². The number of carbonyl (C=O) groups excluding carboxylic acids is 1. The summed E-state index contributed by atoms with van der Waals surface area (Å²) in [4.78, 5) is 12.2. The van der Waals surface area contributed by atoms with Crippen molar-refractivity contribution in [3.05, 3.63) is 52.8 Å². The van der Waals surface area contributed by atoms with Crippen molar-refractivity contribution in [2.75, 3.05) is 0 Å². The first-order chi connectivity index (χ1) is 8.95. The Kier molecular flexibility index (Phi) is 3.81. The van der Waals surface area contributed by atoms with Gasteiger partial charge in [0.15, 0.2) is 5.78 Å². The molecule has 1 unspecified atom stereocenters. The van der Waals surface area contributed by atoms with Gasteiger partial charge in [0.2, 0.25) is 0 Å². The Balaban J connectivity index is 2.12. The third-order valence-corrected chi connectivity index (χ3v) is 3.09. The van der Waals surface area contributed by atoms with E-state index in [1.807, 2.05) is 33.0 Å². The van der Waals surface area contributed by atoms with Crippen molar-refractivity contribution in [2.24, 2.45) is 12.8 Å². The molecule has 1 aromatic carbocycles. The van der Waals surface area contributed by atoms with Crippen molar-refractivity contribution in [1.29, 1.82) is 0 Å². The fourth-order valence-corrected chi connectivity index (χ4v) is 2.27. The number of hydrogen-bond donors (Lipinski definition) is 1. The van der Waals surface area contributed by atoms with Gasteiger partial charge in [0.05, 0.1) is 12.2 Å². The first-order valence-electron chi connectivity index (χ1n) is 6.29. The summed E-state index contributed by atoms with van der Waals surface area (Å²) >= 11 is 0. The largest absolute Gasteiger partial charge is 0.318 e. The lowest BCUT2D eigenvalue weighted by atomic mass is 9.98. The van der Waals surface area contributed by atoms with E-state index in [4.69, 9.17) is 5.73 Å². The Morgan fingerprint density at radius 3 is 2.47 bits per heavy atom. The van der Waals surface area contributed by atoms with Crippen LogP contribution in [0.1, 0.15) is 28.3 Å². The van der Waals surface area contributed by atoms with Gasteiger partial charge in [-0.3, -0.25) is 9.48 Å². The van der Waals surface area contributed by atoms with Crippen molar-refractivity contribution in [3.63, 3.8) is 0 Å². The summed E-state index contributed by atoms with van der Waals surface area (Å²) in [6.45, 7) is 4.06. The van der Waals surface area contributed by atoms with E-state index in [1.54, 1.807) is 17.1 Å². The van der Waals surface area contributed by atoms with Crippen LogP contribution >= 0.6 is 0 Å². The Hall–Kier alpha value is -1.94. The van der Waals surface area contributed by atoms with Crippen molar-refractivity contribution in [2.45, 2.75) is 26.3 Å². The number of carbonyl (C=O) groups is 1. The molecule has 0 radical (unpaired) electrons.